The number of hydrogen-bond acceptors (Lipinski definition) is 6. The van der Waals surface area contributed by atoms with E-state index in [-0.39, 0.29) is 22.3 Å². The Balaban J connectivity index is 2.35. The minimum atomic E-state index is -3.86. The second-order valence-corrected chi connectivity index (χ2v) is 5.53. The van der Waals surface area contributed by atoms with E-state index in [9.17, 15) is 13.5 Å². The molecule has 0 unspecified atom stereocenters. The van der Waals surface area contributed by atoms with Gasteiger partial charge in [0.15, 0.2) is 0 Å². The maximum Gasteiger partial charge on any atom is 0.264 e. The molecular weight excluding hydrogens is 268 g/mol. The van der Waals surface area contributed by atoms with Crippen LogP contribution in [0.2, 0.25) is 0 Å². The molecule has 1 heterocycles. The molecular formula is C11H12N4O3S. The van der Waals surface area contributed by atoms with Gasteiger partial charge in [-0.15, -0.1) is 0 Å². The number of aromatic hydroxyl groups is 1. The van der Waals surface area contributed by atoms with Gasteiger partial charge in [0.2, 0.25) is 5.95 Å². The number of anilines is 2. The van der Waals surface area contributed by atoms with Crippen molar-refractivity contribution in [1.82, 2.24) is 9.97 Å². The summed E-state index contributed by atoms with van der Waals surface area (Å²) in [4.78, 5) is 7.62. The van der Waals surface area contributed by atoms with Gasteiger partial charge in [-0.25, -0.2) is 23.1 Å². The first-order valence-electron chi connectivity index (χ1n) is 5.29. The molecule has 8 heteroatoms. The number of benzene rings is 1. The van der Waals surface area contributed by atoms with Crippen LogP contribution in [0.1, 0.15) is 5.69 Å². The van der Waals surface area contributed by atoms with Crippen molar-refractivity contribution < 1.29 is 13.5 Å². The molecule has 0 bridgehead atoms. The van der Waals surface area contributed by atoms with E-state index in [2.05, 4.69) is 14.7 Å². The standard InChI is InChI=1S/C11H12N4O3S/c1-7-4-5-13-11(14-7)15-19(17,18)8-2-3-9(12)10(16)6-8/h2-6,16H,12H2,1H3,(H,13,14,15). The molecule has 0 aliphatic carbocycles. The van der Waals surface area contributed by atoms with Crippen molar-refractivity contribution in [3.05, 3.63) is 36.2 Å². The lowest BCUT2D eigenvalue weighted by atomic mass is 10.3. The van der Waals surface area contributed by atoms with Crippen LogP contribution in [-0.2, 0) is 10.0 Å². The quantitative estimate of drug-likeness (QED) is 0.567. The van der Waals surface area contributed by atoms with Crippen molar-refractivity contribution in [1.29, 1.82) is 0 Å². The average molecular weight is 280 g/mol. The second kappa shape index (κ2) is 4.73. The zero-order valence-corrected chi connectivity index (χ0v) is 10.8. The first-order chi connectivity index (χ1) is 8.88. The summed E-state index contributed by atoms with van der Waals surface area (Å²) < 4.78 is 26.3. The molecule has 19 heavy (non-hydrogen) atoms. The third-order valence-electron chi connectivity index (χ3n) is 2.33. The summed E-state index contributed by atoms with van der Waals surface area (Å²) in [6, 6.07) is 5.30. The Morgan fingerprint density at radius 2 is 2.05 bits per heavy atom. The zero-order valence-electron chi connectivity index (χ0n) is 10.0. The van der Waals surface area contributed by atoms with Gasteiger partial charge in [-0.1, -0.05) is 0 Å². The number of sulfonamides is 1. The summed E-state index contributed by atoms with van der Waals surface area (Å²) in [5.74, 6) is -0.329. The van der Waals surface area contributed by atoms with Gasteiger partial charge in [-0.2, -0.15) is 0 Å². The summed E-state index contributed by atoms with van der Waals surface area (Å²) in [5, 5.41) is 9.43. The maximum atomic E-state index is 12.0. The molecule has 2 rings (SSSR count). The van der Waals surface area contributed by atoms with E-state index in [4.69, 9.17) is 5.73 Å². The highest BCUT2D eigenvalue weighted by molar-refractivity contribution is 7.92. The van der Waals surface area contributed by atoms with Crippen LogP contribution < -0.4 is 10.5 Å². The van der Waals surface area contributed by atoms with Crippen molar-refractivity contribution in [2.24, 2.45) is 0 Å². The molecule has 7 nitrogen and oxygen atoms in total. The third-order valence-corrected chi connectivity index (χ3v) is 3.66. The summed E-state index contributed by atoms with van der Waals surface area (Å²) in [5.41, 5.74) is 6.15. The average Bonchev–Trinajstić information content (AvgIpc) is 2.32. The topological polar surface area (TPSA) is 118 Å². The molecule has 4 N–H and O–H groups in total. The minimum Gasteiger partial charge on any atom is -0.506 e. The van der Waals surface area contributed by atoms with Crippen molar-refractivity contribution in [2.75, 3.05) is 10.5 Å². The molecule has 1 aromatic heterocycles. The van der Waals surface area contributed by atoms with Gasteiger partial charge >= 0.3 is 0 Å². The van der Waals surface area contributed by atoms with Crippen LogP contribution in [0.4, 0.5) is 11.6 Å². The highest BCUT2D eigenvalue weighted by Gasteiger charge is 2.17. The van der Waals surface area contributed by atoms with Gasteiger partial charge in [0, 0.05) is 18.0 Å². The fourth-order valence-electron chi connectivity index (χ4n) is 1.37. The summed E-state index contributed by atoms with van der Waals surface area (Å²) >= 11 is 0. The van der Waals surface area contributed by atoms with Crippen LogP contribution in [0.25, 0.3) is 0 Å². The Labute approximate surface area is 110 Å². The van der Waals surface area contributed by atoms with E-state index < -0.39 is 10.0 Å². The molecule has 0 atom stereocenters. The van der Waals surface area contributed by atoms with Crippen molar-refractivity contribution in [3.63, 3.8) is 0 Å². The smallest absolute Gasteiger partial charge is 0.264 e. The van der Waals surface area contributed by atoms with Crippen LogP contribution in [0, 0.1) is 6.92 Å². The Morgan fingerprint density at radius 1 is 1.32 bits per heavy atom. The minimum absolute atomic E-state index is 0.0312. The molecule has 0 fully saturated rings. The van der Waals surface area contributed by atoms with Crippen LogP contribution in [-0.4, -0.2) is 23.5 Å². The molecule has 0 aliphatic rings. The van der Waals surface area contributed by atoms with Gasteiger partial charge in [-0.05, 0) is 25.1 Å². The molecule has 0 radical (unpaired) electrons. The predicted molar refractivity (Wildman–Crippen MR) is 70.1 cm³/mol. The zero-order chi connectivity index (χ0) is 14.0. The SMILES string of the molecule is Cc1ccnc(NS(=O)(=O)c2ccc(N)c(O)c2)n1. The number of nitrogens with one attached hydrogen (secondary N) is 1. The molecule has 0 saturated carbocycles. The summed E-state index contributed by atoms with van der Waals surface area (Å²) in [6.45, 7) is 1.72. The lowest BCUT2D eigenvalue weighted by Crippen LogP contribution is -2.15. The van der Waals surface area contributed by atoms with Gasteiger partial charge in [0.25, 0.3) is 10.0 Å². The van der Waals surface area contributed by atoms with Crippen molar-refractivity contribution in [2.45, 2.75) is 11.8 Å². The third kappa shape index (κ3) is 2.91. The Kier molecular flexibility index (Phi) is 3.26. The van der Waals surface area contributed by atoms with E-state index >= 15 is 0 Å². The number of nitrogens with two attached hydrogens (primary N) is 1. The number of phenols is 1. The molecule has 2 aromatic rings. The molecule has 0 saturated heterocycles. The largest absolute Gasteiger partial charge is 0.506 e. The number of phenolic OH excluding ortho intramolecular Hbond substituents is 1. The van der Waals surface area contributed by atoms with Gasteiger partial charge < -0.3 is 10.8 Å². The Morgan fingerprint density at radius 3 is 2.68 bits per heavy atom. The van der Waals surface area contributed by atoms with Crippen LogP contribution in [0.3, 0.4) is 0 Å². The molecule has 0 amide bonds. The van der Waals surface area contributed by atoms with Crippen LogP contribution in [0.15, 0.2) is 35.4 Å². The maximum absolute atomic E-state index is 12.0. The van der Waals surface area contributed by atoms with E-state index in [0.717, 1.165) is 6.07 Å². The number of aromatic nitrogens is 2. The number of aryl methyl sites for hydroxylation is 1. The van der Waals surface area contributed by atoms with Crippen molar-refractivity contribution >= 4 is 21.7 Å². The van der Waals surface area contributed by atoms with Gasteiger partial charge in [-0.3, -0.25) is 0 Å². The summed E-state index contributed by atoms with van der Waals surface area (Å²) in [6.07, 6.45) is 1.45. The van der Waals surface area contributed by atoms with E-state index in [1.165, 1.54) is 18.3 Å². The first-order valence-corrected chi connectivity index (χ1v) is 6.78. The molecule has 1 aromatic carbocycles. The monoisotopic (exact) mass is 280 g/mol. The number of hydrogen-bond donors (Lipinski definition) is 3. The number of nitrogen functional groups attached to an aromatic ring is 1. The lowest BCUT2D eigenvalue weighted by molar-refractivity contribution is 0.476. The second-order valence-electron chi connectivity index (χ2n) is 3.85. The normalized spacial score (nSPS) is 11.2. The van der Waals surface area contributed by atoms with E-state index in [0.29, 0.717) is 5.69 Å². The van der Waals surface area contributed by atoms with Crippen LogP contribution in [0.5, 0.6) is 5.75 Å². The van der Waals surface area contributed by atoms with E-state index in [1.807, 2.05) is 0 Å². The number of rotatable bonds is 3. The highest BCUT2D eigenvalue weighted by Crippen LogP contribution is 2.24. The van der Waals surface area contributed by atoms with Gasteiger partial charge in [0.05, 0.1) is 10.6 Å². The van der Waals surface area contributed by atoms with E-state index in [1.54, 1.807) is 13.0 Å². The summed E-state index contributed by atoms with van der Waals surface area (Å²) in [7, 11) is -3.86. The molecule has 0 aliphatic heterocycles. The Bertz CT molecular complexity index is 716. The van der Waals surface area contributed by atoms with Gasteiger partial charge in [0.1, 0.15) is 5.75 Å². The van der Waals surface area contributed by atoms with Crippen LogP contribution >= 0.6 is 0 Å². The number of nitrogens with zero attached hydrogens (tertiary/aromatic N) is 2. The first kappa shape index (κ1) is 13.1. The highest BCUT2D eigenvalue weighted by atomic mass is 32.2. The lowest BCUT2D eigenvalue weighted by Gasteiger charge is -2.08. The molecule has 0 spiro atoms. The fourth-order valence-corrected chi connectivity index (χ4v) is 2.34. The predicted octanol–water partition coefficient (Wildman–Crippen LogP) is 0.874. The molecule has 100 valence electrons. The fraction of sp³-hybridized carbons (Fsp3) is 0.0909. The van der Waals surface area contributed by atoms with Crippen molar-refractivity contribution in [3.8, 4) is 5.75 Å². The Hall–Kier alpha value is -2.35.